The van der Waals surface area contributed by atoms with Gasteiger partial charge in [0.1, 0.15) is 0 Å². The molecule has 0 atom stereocenters. The van der Waals surface area contributed by atoms with Crippen LogP contribution in [-0.2, 0) is 0 Å². The van der Waals surface area contributed by atoms with Crippen LogP contribution in [0.5, 0.6) is 0 Å². The van der Waals surface area contributed by atoms with E-state index in [4.69, 9.17) is 0 Å². The lowest BCUT2D eigenvalue weighted by molar-refractivity contribution is 0.102. The first kappa shape index (κ1) is 15.3. The van der Waals surface area contributed by atoms with Crippen LogP contribution in [0.4, 0.5) is 11.4 Å². The van der Waals surface area contributed by atoms with Crippen LogP contribution in [0.25, 0.3) is 0 Å². The Morgan fingerprint density at radius 1 is 0.955 bits per heavy atom. The largest absolute Gasteiger partial charge is 0.372 e. The Bertz CT molecular complexity index is 648. The number of anilines is 2. The first-order chi connectivity index (χ1) is 10.7. The van der Waals surface area contributed by atoms with Gasteiger partial charge in [0.05, 0.1) is 5.56 Å². The van der Waals surface area contributed by atoms with Crippen LogP contribution in [0, 0.1) is 3.57 Å². The molecule has 1 aliphatic rings. The number of piperidine rings is 1. The third-order valence-corrected chi connectivity index (χ3v) is 4.91. The summed E-state index contributed by atoms with van der Waals surface area (Å²) in [5, 5.41) is 2.97. The highest BCUT2D eigenvalue weighted by Gasteiger charge is 2.12. The van der Waals surface area contributed by atoms with Crippen LogP contribution in [0.1, 0.15) is 29.6 Å². The van der Waals surface area contributed by atoms with Gasteiger partial charge in [0.2, 0.25) is 0 Å². The third kappa shape index (κ3) is 3.61. The maximum Gasteiger partial charge on any atom is 0.256 e. The van der Waals surface area contributed by atoms with Crippen molar-refractivity contribution in [1.82, 2.24) is 0 Å². The van der Waals surface area contributed by atoms with Crippen molar-refractivity contribution in [2.75, 3.05) is 23.3 Å². The van der Waals surface area contributed by atoms with Crippen LogP contribution in [-0.4, -0.2) is 19.0 Å². The lowest BCUT2D eigenvalue weighted by Crippen LogP contribution is -2.29. The zero-order valence-corrected chi connectivity index (χ0v) is 14.5. The van der Waals surface area contributed by atoms with Gasteiger partial charge in [-0.15, -0.1) is 0 Å². The highest BCUT2D eigenvalue weighted by molar-refractivity contribution is 14.1. The van der Waals surface area contributed by atoms with Crippen LogP contribution >= 0.6 is 22.6 Å². The van der Waals surface area contributed by atoms with Crippen LogP contribution < -0.4 is 10.2 Å². The molecule has 0 aliphatic carbocycles. The number of benzene rings is 2. The summed E-state index contributed by atoms with van der Waals surface area (Å²) in [5.41, 5.74) is 2.79. The van der Waals surface area contributed by atoms with Crippen molar-refractivity contribution < 1.29 is 4.79 Å². The van der Waals surface area contributed by atoms with Crippen LogP contribution in [0.15, 0.2) is 48.5 Å². The van der Waals surface area contributed by atoms with E-state index < -0.39 is 0 Å². The fourth-order valence-electron chi connectivity index (χ4n) is 2.75. The Morgan fingerprint density at radius 3 is 2.32 bits per heavy atom. The molecule has 0 spiro atoms. The first-order valence-electron chi connectivity index (χ1n) is 7.65. The minimum absolute atomic E-state index is 0.0595. The van der Waals surface area contributed by atoms with Gasteiger partial charge in [-0.2, -0.15) is 0 Å². The standard InChI is InChI=1S/C18H19IN2O/c19-17-7-3-2-6-16(17)18(22)20-14-8-10-15(11-9-14)21-12-4-1-5-13-21/h2-3,6-11H,1,4-5,12-13H2,(H,20,22). The number of hydrogen-bond donors (Lipinski definition) is 1. The molecule has 1 aliphatic heterocycles. The van der Waals surface area contributed by atoms with E-state index in [1.54, 1.807) is 0 Å². The van der Waals surface area contributed by atoms with Gasteiger partial charge in [-0.3, -0.25) is 4.79 Å². The number of rotatable bonds is 3. The summed E-state index contributed by atoms with van der Waals surface area (Å²) in [5.74, 6) is -0.0595. The smallest absolute Gasteiger partial charge is 0.256 e. The Morgan fingerprint density at radius 2 is 1.64 bits per heavy atom. The highest BCUT2D eigenvalue weighted by atomic mass is 127. The zero-order valence-electron chi connectivity index (χ0n) is 12.4. The van der Waals surface area contributed by atoms with Crippen LogP contribution in [0.3, 0.4) is 0 Å². The predicted octanol–water partition coefficient (Wildman–Crippen LogP) is 4.53. The second kappa shape index (κ2) is 7.13. The minimum atomic E-state index is -0.0595. The maximum atomic E-state index is 12.3. The fourth-order valence-corrected chi connectivity index (χ4v) is 3.38. The average Bonchev–Trinajstić information content (AvgIpc) is 2.57. The molecule has 1 heterocycles. The molecule has 114 valence electrons. The Balaban J connectivity index is 1.68. The number of nitrogens with zero attached hydrogens (tertiary/aromatic N) is 1. The van der Waals surface area contributed by atoms with Gasteiger partial charge >= 0.3 is 0 Å². The summed E-state index contributed by atoms with van der Waals surface area (Å²) in [6.45, 7) is 2.27. The highest BCUT2D eigenvalue weighted by Crippen LogP contribution is 2.22. The van der Waals surface area contributed by atoms with Crippen molar-refractivity contribution >= 4 is 39.9 Å². The molecule has 22 heavy (non-hydrogen) atoms. The molecular formula is C18H19IN2O. The quantitative estimate of drug-likeness (QED) is 0.760. The average molecular weight is 406 g/mol. The topological polar surface area (TPSA) is 32.3 Å². The molecule has 1 fully saturated rings. The fraction of sp³-hybridized carbons (Fsp3) is 0.278. The van der Waals surface area contributed by atoms with Gasteiger partial charge in [0.15, 0.2) is 0 Å². The number of hydrogen-bond acceptors (Lipinski definition) is 2. The number of carbonyl (C=O) groups is 1. The molecular weight excluding hydrogens is 387 g/mol. The second-order valence-corrected chi connectivity index (χ2v) is 6.69. The predicted molar refractivity (Wildman–Crippen MR) is 99.6 cm³/mol. The summed E-state index contributed by atoms with van der Waals surface area (Å²) < 4.78 is 0.961. The molecule has 1 N–H and O–H groups in total. The van der Waals surface area contributed by atoms with Crippen LogP contribution in [0.2, 0.25) is 0 Å². The van der Waals surface area contributed by atoms with Crippen molar-refractivity contribution in [2.24, 2.45) is 0 Å². The molecule has 0 aromatic heterocycles. The summed E-state index contributed by atoms with van der Waals surface area (Å²) in [6, 6.07) is 15.8. The zero-order chi connectivity index (χ0) is 15.4. The van der Waals surface area contributed by atoms with E-state index in [0.717, 1.165) is 22.3 Å². The molecule has 0 saturated carbocycles. The van der Waals surface area contributed by atoms with Crippen molar-refractivity contribution in [3.8, 4) is 0 Å². The van der Waals surface area contributed by atoms with E-state index in [9.17, 15) is 4.79 Å². The van der Waals surface area contributed by atoms with Crippen molar-refractivity contribution in [3.05, 3.63) is 57.7 Å². The number of amides is 1. The van der Waals surface area contributed by atoms with Crippen molar-refractivity contribution in [3.63, 3.8) is 0 Å². The molecule has 2 aromatic carbocycles. The molecule has 4 heteroatoms. The number of carbonyl (C=O) groups excluding carboxylic acids is 1. The number of halogens is 1. The van der Waals surface area contributed by atoms with Gasteiger partial charge in [-0.25, -0.2) is 0 Å². The monoisotopic (exact) mass is 406 g/mol. The van der Waals surface area contributed by atoms with E-state index >= 15 is 0 Å². The van der Waals surface area contributed by atoms with E-state index in [1.165, 1.54) is 24.9 Å². The number of nitrogens with one attached hydrogen (secondary N) is 1. The van der Waals surface area contributed by atoms with Gasteiger partial charge in [-0.05, 0) is 78.3 Å². The second-order valence-electron chi connectivity index (χ2n) is 5.53. The van der Waals surface area contributed by atoms with E-state index in [1.807, 2.05) is 36.4 Å². The van der Waals surface area contributed by atoms with Gasteiger partial charge in [-0.1, -0.05) is 12.1 Å². The van der Waals surface area contributed by atoms with Gasteiger partial charge < -0.3 is 10.2 Å². The van der Waals surface area contributed by atoms with Crippen molar-refractivity contribution in [1.29, 1.82) is 0 Å². The summed E-state index contributed by atoms with van der Waals surface area (Å²) >= 11 is 2.19. The van der Waals surface area contributed by atoms with E-state index in [2.05, 4.69) is 44.9 Å². The van der Waals surface area contributed by atoms with Gasteiger partial charge in [0.25, 0.3) is 5.91 Å². The summed E-state index contributed by atoms with van der Waals surface area (Å²) in [6.07, 6.45) is 3.87. The third-order valence-electron chi connectivity index (χ3n) is 3.96. The SMILES string of the molecule is O=C(Nc1ccc(N2CCCCC2)cc1)c1ccccc1I. The molecule has 1 saturated heterocycles. The summed E-state index contributed by atoms with van der Waals surface area (Å²) in [7, 11) is 0. The molecule has 3 nitrogen and oxygen atoms in total. The van der Waals surface area contributed by atoms with E-state index in [-0.39, 0.29) is 5.91 Å². The molecule has 0 unspecified atom stereocenters. The molecule has 2 aromatic rings. The minimum Gasteiger partial charge on any atom is -0.372 e. The normalized spacial score (nSPS) is 14.7. The summed E-state index contributed by atoms with van der Waals surface area (Å²) in [4.78, 5) is 14.7. The van der Waals surface area contributed by atoms with Crippen molar-refractivity contribution in [2.45, 2.75) is 19.3 Å². The lowest BCUT2D eigenvalue weighted by Gasteiger charge is -2.28. The lowest BCUT2D eigenvalue weighted by atomic mass is 10.1. The Kier molecular flexibility index (Phi) is 4.97. The van der Waals surface area contributed by atoms with E-state index in [0.29, 0.717) is 5.56 Å². The first-order valence-corrected chi connectivity index (χ1v) is 8.73. The maximum absolute atomic E-state index is 12.3. The molecule has 3 rings (SSSR count). The van der Waals surface area contributed by atoms with Gasteiger partial charge in [0, 0.05) is 28.0 Å². The molecule has 0 radical (unpaired) electrons. The Hall–Kier alpha value is -1.56. The molecule has 1 amide bonds. The Labute approximate surface area is 144 Å². The molecule has 0 bridgehead atoms.